The van der Waals surface area contributed by atoms with Gasteiger partial charge in [0.25, 0.3) is 0 Å². The van der Waals surface area contributed by atoms with Crippen LogP contribution in [0.4, 0.5) is 4.39 Å². The molecule has 100 valence electrons. The van der Waals surface area contributed by atoms with Gasteiger partial charge in [-0.2, -0.15) is 0 Å². The predicted octanol–water partition coefficient (Wildman–Crippen LogP) is 2.21. The van der Waals surface area contributed by atoms with Crippen LogP contribution in [0.1, 0.15) is 5.56 Å². The number of halogens is 1. The zero-order valence-electron chi connectivity index (χ0n) is 9.86. The Balaban J connectivity index is 2.21. The van der Waals surface area contributed by atoms with Crippen molar-refractivity contribution in [3.05, 3.63) is 59.9 Å². The highest BCUT2D eigenvalue weighted by Crippen LogP contribution is 2.37. The lowest BCUT2D eigenvalue weighted by molar-refractivity contribution is 0.300. The second-order valence-electron chi connectivity index (χ2n) is 3.89. The molecule has 6 heteroatoms. The third-order valence-electron chi connectivity index (χ3n) is 2.52. The molecular formula is C13H12FO4P. The lowest BCUT2D eigenvalue weighted by Crippen LogP contribution is -2.10. The number of benzene rings is 2. The summed E-state index contributed by atoms with van der Waals surface area (Å²) in [4.78, 5) is 18.4. The lowest BCUT2D eigenvalue weighted by Gasteiger charge is -2.12. The van der Waals surface area contributed by atoms with Crippen LogP contribution >= 0.6 is 7.60 Å². The molecule has 0 aromatic heterocycles. The Kier molecular flexibility index (Phi) is 4.00. The SMILES string of the molecule is O=P(O)(O)c1ccccc1OCc1ccccc1F. The number of hydrogen-bond acceptors (Lipinski definition) is 2. The Morgan fingerprint density at radius 2 is 1.68 bits per heavy atom. The van der Waals surface area contributed by atoms with E-state index in [0.717, 1.165) is 0 Å². The fourth-order valence-electron chi connectivity index (χ4n) is 1.59. The van der Waals surface area contributed by atoms with Gasteiger partial charge in [0.2, 0.25) is 0 Å². The maximum absolute atomic E-state index is 13.4. The quantitative estimate of drug-likeness (QED) is 0.844. The number of rotatable bonds is 4. The molecule has 2 N–H and O–H groups in total. The van der Waals surface area contributed by atoms with Gasteiger partial charge < -0.3 is 14.5 Å². The van der Waals surface area contributed by atoms with Gasteiger partial charge >= 0.3 is 7.60 Å². The van der Waals surface area contributed by atoms with Gasteiger partial charge in [-0.15, -0.1) is 0 Å². The van der Waals surface area contributed by atoms with E-state index in [0.29, 0.717) is 5.56 Å². The maximum Gasteiger partial charge on any atom is 0.359 e. The summed E-state index contributed by atoms with van der Waals surface area (Å²) in [6, 6.07) is 11.9. The van der Waals surface area contributed by atoms with Gasteiger partial charge in [0.15, 0.2) is 0 Å². The number of hydrogen-bond donors (Lipinski definition) is 2. The predicted molar refractivity (Wildman–Crippen MR) is 68.9 cm³/mol. The molecule has 2 rings (SSSR count). The molecule has 0 unspecified atom stereocenters. The van der Waals surface area contributed by atoms with Gasteiger partial charge in [-0.3, -0.25) is 4.57 Å². The summed E-state index contributed by atoms with van der Waals surface area (Å²) in [5, 5.41) is -0.202. The van der Waals surface area contributed by atoms with Gasteiger partial charge in [0, 0.05) is 5.56 Å². The van der Waals surface area contributed by atoms with E-state index in [4.69, 9.17) is 4.74 Å². The molecule has 2 aromatic carbocycles. The molecule has 2 aromatic rings. The first-order valence-corrected chi connectivity index (χ1v) is 7.11. The van der Waals surface area contributed by atoms with Gasteiger partial charge in [-0.25, -0.2) is 4.39 Å². The molecule has 0 radical (unpaired) electrons. The third-order valence-corrected chi connectivity index (χ3v) is 3.52. The van der Waals surface area contributed by atoms with Crippen molar-refractivity contribution in [3.8, 4) is 5.75 Å². The van der Waals surface area contributed by atoms with E-state index in [1.165, 1.54) is 24.3 Å². The summed E-state index contributed by atoms with van der Waals surface area (Å²) >= 11 is 0. The van der Waals surface area contributed by atoms with E-state index < -0.39 is 13.4 Å². The van der Waals surface area contributed by atoms with Crippen LogP contribution in [0.5, 0.6) is 5.75 Å². The van der Waals surface area contributed by atoms with Crippen molar-refractivity contribution in [2.45, 2.75) is 6.61 Å². The normalized spacial score (nSPS) is 11.3. The largest absolute Gasteiger partial charge is 0.488 e. The molecule has 0 saturated carbocycles. The second-order valence-corrected chi connectivity index (χ2v) is 5.46. The molecule has 0 spiro atoms. The van der Waals surface area contributed by atoms with Crippen LogP contribution in [0.2, 0.25) is 0 Å². The number of para-hydroxylation sites is 1. The van der Waals surface area contributed by atoms with Crippen molar-refractivity contribution in [2.75, 3.05) is 0 Å². The minimum atomic E-state index is -4.41. The van der Waals surface area contributed by atoms with Crippen LogP contribution in [-0.4, -0.2) is 9.79 Å². The first-order chi connectivity index (χ1) is 8.98. The summed E-state index contributed by atoms with van der Waals surface area (Å²) in [7, 11) is -4.41. The summed E-state index contributed by atoms with van der Waals surface area (Å²) in [6.07, 6.45) is 0. The molecule has 19 heavy (non-hydrogen) atoms. The van der Waals surface area contributed by atoms with Gasteiger partial charge in [0.1, 0.15) is 23.5 Å². The highest BCUT2D eigenvalue weighted by Gasteiger charge is 2.22. The highest BCUT2D eigenvalue weighted by molar-refractivity contribution is 7.60. The summed E-state index contributed by atoms with van der Waals surface area (Å²) in [5.74, 6) is -0.366. The van der Waals surface area contributed by atoms with Crippen molar-refractivity contribution in [1.29, 1.82) is 0 Å². The zero-order valence-corrected chi connectivity index (χ0v) is 10.8. The van der Waals surface area contributed by atoms with Crippen LogP contribution in [0.3, 0.4) is 0 Å². The molecule has 0 aliphatic heterocycles. The Hall–Kier alpha value is -1.68. The molecule has 0 saturated heterocycles. The molecule has 4 nitrogen and oxygen atoms in total. The molecule has 0 fully saturated rings. The first-order valence-electron chi connectivity index (χ1n) is 5.50. The average Bonchev–Trinajstić information content (AvgIpc) is 2.37. The molecule has 0 atom stereocenters. The maximum atomic E-state index is 13.4. The van der Waals surface area contributed by atoms with E-state index in [1.807, 2.05) is 0 Å². The monoisotopic (exact) mass is 282 g/mol. The van der Waals surface area contributed by atoms with Crippen molar-refractivity contribution in [3.63, 3.8) is 0 Å². The fourth-order valence-corrected chi connectivity index (χ4v) is 2.30. The molecule has 0 aliphatic carbocycles. The van der Waals surface area contributed by atoms with Crippen molar-refractivity contribution in [1.82, 2.24) is 0 Å². The van der Waals surface area contributed by atoms with Crippen LogP contribution < -0.4 is 10.0 Å². The van der Waals surface area contributed by atoms with Crippen LogP contribution in [0, 0.1) is 5.82 Å². The van der Waals surface area contributed by atoms with E-state index in [-0.39, 0.29) is 17.7 Å². The molecular weight excluding hydrogens is 270 g/mol. The highest BCUT2D eigenvalue weighted by atomic mass is 31.2. The topological polar surface area (TPSA) is 66.8 Å². The van der Waals surface area contributed by atoms with E-state index >= 15 is 0 Å². The van der Waals surface area contributed by atoms with E-state index in [1.54, 1.807) is 24.3 Å². The minimum absolute atomic E-state index is 0.0547. The Bertz CT molecular complexity index is 624. The van der Waals surface area contributed by atoms with Gasteiger partial charge in [-0.1, -0.05) is 30.3 Å². The van der Waals surface area contributed by atoms with Crippen LogP contribution in [-0.2, 0) is 11.2 Å². The average molecular weight is 282 g/mol. The zero-order chi connectivity index (χ0) is 13.9. The third kappa shape index (κ3) is 3.41. The van der Waals surface area contributed by atoms with E-state index in [9.17, 15) is 18.7 Å². The molecule has 0 amide bonds. The first kappa shape index (κ1) is 13.7. The molecule has 0 heterocycles. The summed E-state index contributed by atoms with van der Waals surface area (Å²) in [5.41, 5.74) is 0.322. The van der Waals surface area contributed by atoms with Crippen LogP contribution in [0.15, 0.2) is 48.5 Å². The summed E-state index contributed by atoms with van der Waals surface area (Å²) in [6.45, 7) is -0.0936. The second kappa shape index (κ2) is 5.53. The van der Waals surface area contributed by atoms with Gasteiger partial charge in [0.05, 0.1) is 0 Å². The minimum Gasteiger partial charge on any atom is -0.488 e. The summed E-state index contributed by atoms with van der Waals surface area (Å²) < 4.78 is 30.0. The lowest BCUT2D eigenvalue weighted by atomic mass is 10.2. The van der Waals surface area contributed by atoms with Crippen molar-refractivity contribution >= 4 is 12.9 Å². The fraction of sp³-hybridized carbons (Fsp3) is 0.0769. The molecule has 0 aliphatic rings. The Morgan fingerprint density at radius 3 is 2.37 bits per heavy atom. The van der Waals surface area contributed by atoms with Crippen molar-refractivity contribution in [2.24, 2.45) is 0 Å². The number of ether oxygens (including phenoxy) is 1. The molecule has 0 bridgehead atoms. The van der Waals surface area contributed by atoms with Crippen LogP contribution in [0.25, 0.3) is 0 Å². The van der Waals surface area contributed by atoms with Crippen molar-refractivity contribution < 1.29 is 23.5 Å². The Labute approximate surface area is 109 Å². The van der Waals surface area contributed by atoms with E-state index in [2.05, 4.69) is 0 Å². The standard InChI is InChI=1S/C13H12FO4P/c14-11-6-2-1-5-10(11)9-18-12-7-3-4-8-13(12)19(15,16)17/h1-8H,9H2,(H2,15,16,17). The smallest absolute Gasteiger partial charge is 0.359 e. The van der Waals surface area contributed by atoms with Gasteiger partial charge in [-0.05, 0) is 18.2 Å². The Morgan fingerprint density at radius 1 is 1.05 bits per heavy atom.